The fourth-order valence-corrected chi connectivity index (χ4v) is 3.44. The van der Waals surface area contributed by atoms with Crippen LogP contribution in [0.15, 0.2) is 36.9 Å². The number of nitrogens with one attached hydrogen (secondary N) is 2. The van der Waals surface area contributed by atoms with Crippen LogP contribution in [0.5, 0.6) is 5.75 Å². The maximum atomic E-state index is 12.4. The predicted molar refractivity (Wildman–Crippen MR) is 93.9 cm³/mol. The van der Waals surface area contributed by atoms with Crippen LogP contribution in [0.3, 0.4) is 0 Å². The van der Waals surface area contributed by atoms with Crippen LogP contribution >= 0.6 is 12.4 Å². The standard InChI is InChI=1S/C18H24N2O2.ClH/c1-2-11-22-16-6-4-3-5-14(16)13-20-17(21)15-12-18(15)7-9-19-10-8-18;/h2-6,15,19H,1,7-13H2,(H,20,21);1H. The van der Waals surface area contributed by atoms with Gasteiger partial charge in [0.05, 0.1) is 0 Å². The van der Waals surface area contributed by atoms with Gasteiger partial charge in [0, 0.05) is 18.0 Å². The highest BCUT2D eigenvalue weighted by molar-refractivity contribution is 5.85. The third kappa shape index (κ3) is 4.06. The van der Waals surface area contributed by atoms with Gasteiger partial charge in [0.15, 0.2) is 0 Å². The van der Waals surface area contributed by atoms with Gasteiger partial charge in [-0.2, -0.15) is 0 Å². The molecule has 1 aromatic rings. The van der Waals surface area contributed by atoms with Crippen LogP contribution in [0, 0.1) is 11.3 Å². The van der Waals surface area contributed by atoms with Gasteiger partial charge in [0.2, 0.25) is 5.91 Å². The molecule has 1 spiro atoms. The lowest BCUT2D eigenvalue weighted by molar-refractivity contribution is -0.123. The number of hydrogen-bond acceptors (Lipinski definition) is 3. The van der Waals surface area contributed by atoms with Crippen LogP contribution in [0.25, 0.3) is 0 Å². The lowest BCUT2D eigenvalue weighted by Gasteiger charge is -2.23. The topological polar surface area (TPSA) is 50.4 Å². The summed E-state index contributed by atoms with van der Waals surface area (Å²) in [5.74, 6) is 1.21. The van der Waals surface area contributed by atoms with E-state index in [1.54, 1.807) is 6.08 Å². The summed E-state index contributed by atoms with van der Waals surface area (Å²) in [5, 5.41) is 6.45. The molecule has 5 heteroatoms. The Morgan fingerprint density at radius 1 is 1.39 bits per heavy atom. The number of halogens is 1. The van der Waals surface area contributed by atoms with Gasteiger partial charge in [0.1, 0.15) is 12.4 Å². The Morgan fingerprint density at radius 3 is 2.87 bits per heavy atom. The highest BCUT2D eigenvalue weighted by Crippen LogP contribution is 2.58. The summed E-state index contributed by atoms with van der Waals surface area (Å²) in [7, 11) is 0. The third-order valence-electron chi connectivity index (χ3n) is 4.89. The molecule has 1 amide bonds. The van der Waals surface area contributed by atoms with Crippen molar-refractivity contribution in [1.82, 2.24) is 10.6 Å². The van der Waals surface area contributed by atoms with Crippen LogP contribution in [-0.2, 0) is 11.3 Å². The summed E-state index contributed by atoms with van der Waals surface area (Å²) < 4.78 is 5.63. The van der Waals surface area contributed by atoms with E-state index in [1.165, 1.54) is 0 Å². The molecule has 1 saturated heterocycles. The highest BCUT2D eigenvalue weighted by Gasteiger charge is 2.57. The van der Waals surface area contributed by atoms with Crippen LogP contribution < -0.4 is 15.4 Å². The molecule has 1 aliphatic carbocycles. The lowest BCUT2D eigenvalue weighted by atomic mass is 9.92. The number of rotatable bonds is 6. The molecule has 23 heavy (non-hydrogen) atoms. The second-order valence-electron chi connectivity index (χ2n) is 6.29. The molecule has 0 bridgehead atoms. The van der Waals surface area contributed by atoms with Crippen molar-refractivity contribution in [3.8, 4) is 5.75 Å². The number of hydrogen-bond donors (Lipinski definition) is 2. The van der Waals surface area contributed by atoms with E-state index < -0.39 is 0 Å². The molecular formula is C18H25ClN2O2. The van der Waals surface area contributed by atoms with Crippen molar-refractivity contribution < 1.29 is 9.53 Å². The monoisotopic (exact) mass is 336 g/mol. The molecule has 1 saturated carbocycles. The third-order valence-corrected chi connectivity index (χ3v) is 4.89. The van der Waals surface area contributed by atoms with Crippen molar-refractivity contribution in [1.29, 1.82) is 0 Å². The molecule has 0 aromatic heterocycles. The number of carbonyl (C=O) groups excluding carboxylic acids is 1. The number of carbonyl (C=O) groups is 1. The Bertz CT molecular complexity index is 556. The summed E-state index contributed by atoms with van der Waals surface area (Å²) in [6.07, 6.45) is 5.03. The van der Waals surface area contributed by atoms with Gasteiger partial charge in [-0.05, 0) is 43.8 Å². The second-order valence-corrected chi connectivity index (χ2v) is 6.29. The molecule has 1 aliphatic heterocycles. The van der Waals surface area contributed by atoms with E-state index in [4.69, 9.17) is 4.74 Å². The molecular weight excluding hydrogens is 312 g/mol. The van der Waals surface area contributed by atoms with E-state index in [1.807, 2.05) is 24.3 Å². The fraction of sp³-hybridized carbons (Fsp3) is 0.500. The Hall–Kier alpha value is -1.52. The Kier molecular flexibility index (Phi) is 6.08. The first-order valence-corrected chi connectivity index (χ1v) is 8.05. The van der Waals surface area contributed by atoms with Crippen molar-refractivity contribution in [2.45, 2.75) is 25.8 Å². The number of benzene rings is 1. The van der Waals surface area contributed by atoms with E-state index in [2.05, 4.69) is 17.2 Å². The minimum Gasteiger partial charge on any atom is -0.489 e. The van der Waals surface area contributed by atoms with Gasteiger partial charge in [-0.15, -0.1) is 12.4 Å². The Balaban J connectivity index is 0.00000192. The first-order valence-electron chi connectivity index (χ1n) is 8.05. The van der Waals surface area contributed by atoms with Gasteiger partial charge in [-0.1, -0.05) is 30.9 Å². The molecule has 2 fully saturated rings. The van der Waals surface area contributed by atoms with Crippen LogP contribution in [-0.4, -0.2) is 25.6 Å². The largest absolute Gasteiger partial charge is 0.489 e. The van der Waals surface area contributed by atoms with Gasteiger partial charge >= 0.3 is 0 Å². The smallest absolute Gasteiger partial charge is 0.223 e. The molecule has 1 aromatic carbocycles. The van der Waals surface area contributed by atoms with Crippen molar-refractivity contribution in [3.05, 3.63) is 42.5 Å². The van der Waals surface area contributed by atoms with Crippen LogP contribution in [0.1, 0.15) is 24.8 Å². The van der Waals surface area contributed by atoms with Crippen molar-refractivity contribution in [2.24, 2.45) is 11.3 Å². The zero-order valence-electron chi connectivity index (χ0n) is 13.3. The molecule has 1 unspecified atom stereocenters. The average Bonchev–Trinajstić information content (AvgIpc) is 3.25. The molecule has 1 atom stereocenters. The zero-order valence-corrected chi connectivity index (χ0v) is 14.2. The van der Waals surface area contributed by atoms with E-state index >= 15 is 0 Å². The SMILES string of the molecule is C=CCOc1ccccc1CNC(=O)C1CC12CCNCC2.Cl. The quantitative estimate of drug-likeness (QED) is 0.785. The molecule has 0 radical (unpaired) electrons. The number of piperidine rings is 1. The van der Waals surface area contributed by atoms with E-state index in [9.17, 15) is 4.79 Å². The highest BCUT2D eigenvalue weighted by atomic mass is 35.5. The summed E-state index contributed by atoms with van der Waals surface area (Å²) in [6.45, 7) is 6.75. The van der Waals surface area contributed by atoms with Gasteiger partial charge in [0.25, 0.3) is 0 Å². The molecule has 3 rings (SSSR count). The van der Waals surface area contributed by atoms with Crippen molar-refractivity contribution in [2.75, 3.05) is 19.7 Å². The molecule has 4 nitrogen and oxygen atoms in total. The summed E-state index contributed by atoms with van der Waals surface area (Å²) in [4.78, 5) is 12.4. The molecule has 2 N–H and O–H groups in total. The number of ether oxygens (including phenoxy) is 1. The van der Waals surface area contributed by atoms with Gasteiger partial charge < -0.3 is 15.4 Å². The molecule has 1 heterocycles. The maximum Gasteiger partial charge on any atom is 0.223 e. The zero-order chi connectivity index (χ0) is 15.4. The van der Waals surface area contributed by atoms with Crippen molar-refractivity contribution >= 4 is 18.3 Å². The van der Waals surface area contributed by atoms with E-state index in [-0.39, 0.29) is 29.6 Å². The number of para-hydroxylation sites is 1. The van der Waals surface area contributed by atoms with Gasteiger partial charge in [-0.25, -0.2) is 0 Å². The fourth-order valence-electron chi connectivity index (χ4n) is 3.44. The van der Waals surface area contributed by atoms with Gasteiger partial charge in [-0.3, -0.25) is 4.79 Å². The Morgan fingerprint density at radius 2 is 2.13 bits per heavy atom. The van der Waals surface area contributed by atoms with Crippen LogP contribution in [0.2, 0.25) is 0 Å². The lowest BCUT2D eigenvalue weighted by Crippen LogP contribution is -2.33. The molecule has 2 aliphatic rings. The normalized spacial score (nSPS) is 21.1. The summed E-state index contributed by atoms with van der Waals surface area (Å²) in [5.41, 5.74) is 1.30. The average molecular weight is 337 g/mol. The Labute approximate surface area is 144 Å². The number of amides is 1. The van der Waals surface area contributed by atoms with Crippen molar-refractivity contribution in [3.63, 3.8) is 0 Å². The van der Waals surface area contributed by atoms with E-state index in [0.717, 1.165) is 43.7 Å². The van der Waals surface area contributed by atoms with Crippen LogP contribution in [0.4, 0.5) is 0 Å². The molecule has 126 valence electrons. The minimum absolute atomic E-state index is 0. The van der Waals surface area contributed by atoms with E-state index in [0.29, 0.717) is 13.2 Å². The summed E-state index contributed by atoms with van der Waals surface area (Å²) in [6, 6.07) is 7.82. The minimum atomic E-state index is 0. The predicted octanol–water partition coefficient (Wildman–Crippen LogP) is 2.68. The maximum absolute atomic E-state index is 12.4. The first kappa shape index (κ1) is 17.8. The first-order chi connectivity index (χ1) is 10.7. The summed E-state index contributed by atoms with van der Waals surface area (Å²) >= 11 is 0. The second kappa shape index (κ2) is 7.84.